The molecule has 0 saturated carbocycles. The van der Waals surface area contributed by atoms with Crippen LogP contribution in [-0.2, 0) is 4.79 Å². The summed E-state index contributed by atoms with van der Waals surface area (Å²) in [7, 11) is 0. The maximum absolute atomic E-state index is 12.0. The van der Waals surface area contributed by atoms with Crippen molar-refractivity contribution in [2.24, 2.45) is 0 Å². The number of carbonyl (C=O) groups is 2. The van der Waals surface area contributed by atoms with E-state index in [4.69, 9.17) is 16.7 Å². The molecule has 104 valence electrons. The number of carbonyl (C=O) groups excluding carboxylic acids is 1. The number of benzene rings is 1. The van der Waals surface area contributed by atoms with Crippen molar-refractivity contribution >= 4 is 41.1 Å². The van der Waals surface area contributed by atoms with Gasteiger partial charge in [-0.15, -0.1) is 0 Å². The molecule has 0 bridgehead atoms. The van der Waals surface area contributed by atoms with Crippen molar-refractivity contribution in [1.82, 2.24) is 5.32 Å². The highest BCUT2D eigenvalue weighted by atomic mass is 35.5. The topological polar surface area (TPSA) is 69.6 Å². The van der Waals surface area contributed by atoms with Gasteiger partial charge in [0.25, 0.3) is 0 Å². The summed E-state index contributed by atoms with van der Waals surface area (Å²) in [5.74, 6) is -0.317. The Balaban J connectivity index is 2.82. The molecule has 0 radical (unpaired) electrons. The quantitative estimate of drug-likeness (QED) is 0.791. The average molecular weight is 303 g/mol. The zero-order valence-corrected chi connectivity index (χ0v) is 12.0. The van der Waals surface area contributed by atoms with Crippen molar-refractivity contribution < 1.29 is 14.7 Å². The van der Waals surface area contributed by atoms with E-state index in [1.165, 1.54) is 0 Å². The maximum Gasteiger partial charge on any atom is 0.323 e. The number of nitrogens with one attached hydrogen (secondary N) is 1. The average Bonchev–Trinajstić information content (AvgIpc) is 2.36. The summed E-state index contributed by atoms with van der Waals surface area (Å²) in [5, 5.41) is 12.0. The summed E-state index contributed by atoms with van der Waals surface area (Å²) in [5.41, 5.74) is 0.455. The van der Waals surface area contributed by atoms with Crippen LogP contribution in [0, 0.1) is 0 Å². The molecule has 0 aliphatic carbocycles. The van der Waals surface area contributed by atoms with E-state index in [-0.39, 0.29) is 0 Å². The fraction of sp³-hybridized carbons (Fsp3) is 0.333. The Labute approximate surface area is 120 Å². The van der Waals surface area contributed by atoms with Gasteiger partial charge in [0, 0.05) is 23.0 Å². The van der Waals surface area contributed by atoms with Gasteiger partial charge in [-0.3, -0.25) is 9.69 Å². The molecule has 0 fully saturated rings. The Morgan fingerprint density at radius 3 is 2.79 bits per heavy atom. The largest absolute Gasteiger partial charge is 0.480 e. The van der Waals surface area contributed by atoms with E-state index >= 15 is 0 Å². The smallest absolute Gasteiger partial charge is 0.323 e. The number of amides is 2. The van der Waals surface area contributed by atoms with Gasteiger partial charge in [-0.1, -0.05) is 17.7 Å². The zero-order valence-electron chi connectivity index (χ0n) is 10.4. The molecule has 5 nitrogen and oxygen atoms in total. The summed E-state index contributed by atoms with van der Waals surface area (Å²) < 4.78 is 0. The second-order valence-corrected chi connectivity index (χ2v) is 5.11. The number of anilines is 1. The predicted molar refractivity (Wildman–Crippen MR) is 78.2 cm³/mol. The number of urea groups is 1. The summed E-state index contributed by atoms with van der Waals surface area (Å²) in [4.78, 5) is 24.0. The maximum atomic E-state index is 12.0. The van der Waals surface area contributed by atoms with Gasteiger partial charge < -0.3 is 10.4 Å². The molecular weight excluding hydrogens is 288 g/mol. The molecule has 2 amide bonds. The summed E-state index contributed by atoms with van der Waals surface area (Å²) in [6, 6.07) is 6.08. The van der Waals surface area contributed by atoms with Gasteiger partial charge in [0.2, 0.25) is 0 Å². The molecule has 1 aromatic rings. The number of rotatable bonds is 6. The van der Waals surface area contributed by atoms with Gasteiger partial charge in [0.05, 0.1) is 0 Å². The molecule has 1 aromatic carbocycles. The number of thioether (sulfide) groups is 1. The standard InChI is InChI=1S/C12H15ClN2O3S/c1-19-6-5-14-12(18)15(8-11(16)17)10-4-2-3-9(13)7-10/h2-4,7H,5-6,8H2,1H3,(H,14,18)(H,16,17). The Morgan fingerprint density at radius 2 is 2.21 bits per heavy atom. The zero-order chi connectivity index (χ0) is 14.3. The summed E-state index contributed by atoms with van der Waals surface area (Å²) in [6.45, 7) is 0.0716. The Bertz CT molecular complexity index is 456. The predicted octanol–water partition coefficient (Wildman–Crippen LogP) is 2.30. The van der Waals surface area contributed by atoms with Crippen LogP contribution in [0.4, 0.5) is 10.5 Å². The van der Waals surface area contributed by atoms with E-state index in [1.54, 1.807) is 36.0 Å². The lowest BCUT2D eigenvalue weighted by molar-refractivity contribution is -0.135. The molecule has 0 aromatic heterocycles. The van der Waals surface area contributed by atoms with Crippen LogP contribution in [0.25, 0.3) is 0 Å². The molecule has 0 saturated heterocycles. The molecule has 0 heterocycles. The van der Waals surface area contributed by atoms with E-state index in [0.29, 0.717) is 17.3 Å². The third kappa shape index (κ3) is 5.40. The lowest BCUT2D eigenvalue weighted by Gasteiger charge is -2.21. The van der Waals surface area contributed by atoms with Crippen LogP contribution in [0.1, 0.15) is 0 Å². The van der Waals surface area contributed by atoms with Gasteiger partial charge in [0.15, 0.2) is 0 Å². The number of aliphatic carboxylic acids is 1. The minimum absolute atomic E-state index is 0.411. The Hall–Kier alpha value is -1.40. The molecule has 2 N–H and O–H groups in total. The van der Waals surface area contributed by atoms with Crippen molar-refractivity contribution in [1.29, 1.82) is 0 Å². The summed E-state index contributed by atoms with van der Waals surface area (Å²) in [6.07, 6.45) is 1.93. The molecule has 0 aliphatic heterocycles. The van der Waals surface area contributed by atoms with E-state index in [2.05, 4.69) is 5.32 Å². The van der Waals surface area contributed by atoms with Crippen LogP contribution >= 0.6 is 23.4 Å². The molecule has 7 heteroatoms. The third-order valence-electron chi connectivity index (χ3n) is 2.24. The van der Waals surface area contributed by atoms with Crippen LogP contribution in [0.15, 0.2) is 24.3 Å². The fourth-order valence-corrected chi connectivity index (χ4v) is 1.91. The van der Waals surface area contributed by atoms with Crippen LogP contribution in [0.2, 0.25) is 5.02 Å². The molecule has 0 aliphatic rings. The van der Waals surface area contributed by atoms with Gasteiger partial charge in [-0.2, -0.15) is 11.8 Å². The second kappa shape index (κ2) is 7.91. The highest BCUT2D eigenvalue weighted by Crippen LogP contribution is 2.19. The number of carboxylic acids is 1. The molecule has 0 unspecified atom stereocenters. The van der Waals surface area contributed by atoms with Crippen LogP contribution in [-0.4, -0.2) is 42.2 Å². The number of halogens is 1. The number of hydrogen-bond acceptors (Lipinski definition) is 3. The molecule has 1 rings (SSSR count). The van der Waals surface area contributed by atoms with Crippen molar-refractivity contribution in [3.63, 3.8) is 0 Å². The summed E-state index contributed by atoms with van der Waals surface area (Å²) >= 11 is 7.44. The van der Waals surface area contributed by atoms with Crippen molar-refractivity contribution in [3.05, 3.63) is 29.3 Å². The lowest BCUT2D eigenvalue weighted by atomic mass is 10.3. The third-order valence-corrected chi connectivity index (χ3v) is 3.09. The highest BCUT2D eigenvalue weighted by Gasteiger charge is 2.18. The highest BCUT2D eigenvalue weighted by molar-refractivity contribution is 7.98. The lowest BCUT2D eigenvalue weighted by Crippen LogP contribution is -2.43. The molecule has 19 heavy (non-hydrogen) atoms. The minimum Gasteiger partial charge on any atom is -0.480 e. The molecule has 0 atom stereocenters. The second-order valence-electron chi connectivity index (χ2n) is 3.68. The van der Waals surface area contributed by atoms with Crippen molar-refractivity contribution in [3.8, 4) is 0 Å². The van der Waals surface area contributed by atoms with E-state index < -0.39 is 18.5 Å². The van der Waals surface area contributed by atoms with Gasteiger partial charge >= 0.3 is 12.0 Å². The minimum atomic E-state index is -1.08. The first kappa shape index (κ1) is 15.7. The fourth-order valence-electron chi connectivity index (χ4n) is 1.42. The Morgan fingerprint density at radius 1 is 1.47 bits per heavy atom. The van der Waals surface area contributed by atoms with Crippen molar-refractivity contribution in [2.75, 3.05) is 30.0 Å². The normalized spacial score (nSPS) is 10.0. The molecular formula is C12H15ClN2O3S. The van der Waals surface area contributed by atoms with E-state index in [9.17, 15) is 9.59 Å². The first-order valence-corrected chi connectivity index (χ1v) is 7.33. The van der Waals surface area contributed by atoms with E-state index in [1.807, 2.05) is 6.26 Å². The Kier molecular flexibility index (Phi) is 6.52. The van der Waals surface area contributed by atoms with E-state index in [0.717, 1.165) is 10.7 Å². The monoisotopic (exact) mass is 302 g/mol. The van der Waals surface area contributed by atoms with Crippen molar-refractivity contribution in [2.45, 2.75) is 0 Å². The number of nitrogens with zero attached hydrogens (tertiary/aromatic N) is 1. The van der Waals surface area contributed by atoms with Gasteiger partial charge in [-0.05, 0) is 24.5 Å². The van der Waals surface area contributed by atoms with Crippen LogP contribution < -0.4 is 10.2 Å². The first-order valence-electron chi connectivity index (χ1n) is 5.56. The first-order chi connectivity index (χ1) is 9.04. The number of carboxylic acid groups (broad SMARTS) is 1. The van der Waals surface area contributed by atoms with Crippen LogP contribution in [0.3, 0.4) is 0 Å². The van der Waals surface area contributed by atoms with Gasteiger partial charge in [-0.25, -0.2) is 4.79 Å². The van der Waals surface area contributed by atoms with Gasteiger partial charge in [0.1, 0.15) is 6.54 Å². The molecule has 0 spiro atoms. The van der Waals surface area contributed by atoms with Crippen LogP contribution in [0.5, 0.6) is 0 Å². The number of hydrogen-bond donors (Lipinski definition) is 2. The SMILES string of the molecule is CSCCNC(=O)N(CC(=O)O)c1cccc(Cl)c1.